The number of hydrogen-bond acceptors (Lipinski definition) is 5. The van der Waals surface area contributed by atoms with E-state index in [1.807, 2.05) is 26.1 Å². The first-order valence-corrected chi connectivity index (χ1v) is 8.01. The third-order valence-corrected chi connectivity index (χ3v) is 4.38. The molecule has 0 atom stereocenters. The Bertz CT molecular complexity index is 669. The van der Waals surface area contributed by atoms with Gasteiger partial charge in [-0.25, -0.2) is 9.97 Å². The van der Waals surface area contributed by atoms with Crippen LogP contribution in [0.2, 0.25) is 0 Å². The number of aromatic amines is 1. The largest absolute Gasteiger partial charge is 0.367 e. The van der Waals surface area contributed by atoms with Crippen molar-refractivity contribution in [2.45, 2.75) is 39.3 Å². The molecule has 0 aliphatic carbocycles. The average molecular weight is 310 g/mol. The number of likely N-dealkylation sites (tertiary alicyclic amines) is 1. The number of nitriles is 1. The molecular formula is C17H22N6. The number of nitrogens with one attached hydrogen (secondary N) is 2. The maximum atomic E-state index is 9.12. The van der Waals surface area contributed by atoms with Crippen LogP contribution in [0.3, 0.4) is 0 Å². The summed E-state index contributed by atoms with van der Waals surface area (Å²) < 4.78 is 0. The average Bonchev–Trinajstić information content (AvgIpc) is 3.02. The van der Waals surface area contributed by atoms with Gasteiger partial charge in [0.1, 0.15) is 17.7 Å². The maximum Gasteiger partial charge on any atom is 0.126 e. The van der Waals surface area contributed by atoms with Crippen LogP contribution in [0.25, 0.3) is 0 Å². The molecule has 23 heavy (non-hydrogen) atoms. The monoisotopic (exact) mass is 310 g/mol. The second-order valence-corrected chi connectivity index (χ2v) is 6.13. The van der Waals surface area contributed by atoms with E-state index in [0.717, 1.165) is 55.4 Å². The number of nitrogens with zero attached hydrogens (tertiary/aromatic N) is 4. The molecule has 0 radical (unpaired) electrons. The standard InChI is InChI=1S/C17H22N6/c1-12-9-16(21-13(2)15(12)10-18)22-14-3-7-23(8-4-14)11-17-19-5-6-20-17/h5-6,9,14H,3-4,7-8,11H2,1-2H3,(H,19,20)(H,21,22). The molecule has 6 nitrogen and oxygen atoms in total. The van der Waals surface area contributed by atoms with Crippen LogP contribution in [0.5, 0.6) is 0 Å². The molecule has 3 heterocycles. The van der Waals surface area contributed by atoms with E-state index in [0.29, 0.717) is 11.6 Å². The topological polar surface area (TPSA) is 80.6 Å². The normalized spacial score (nSPS) is 16.2. The minimum absolute atomic E-state index is 0.432. The Kier molecular flexibility index (Phi) is 4.58. The number of pyridine rings is 1. The van der Waals surface area contributed by atoms with Crippen LogP contribution in [-0.2, 0) is 6.54 Å². The second-order valence-electron chi connectivity index (χ2n) is 6.13. The summed E-state index contributed by atoms with van der Waals surface area (Å²) in [6, 6.07) is 4.62. The van der Waals surface area contributed by atoms with Crippen LogP contribution in [0, 0.1) is 25.2 Å². The molecule has 0 aromatic carbocycles. The van der Waals surface area contributed by atoms with Gasteiger partial charge in [-0.2, -0.15) is 5.26 Å². The van der Waals surface area contributed by atoms with Crippen LogP contribution < -0.4 is 5.32 Å². The summed E-state index contributed by atoms with van der Waals surface area (Å²) in [6.07, 6.45) is 5.83. The lowest BCUT2D eigenvalue weighted by atomic mass is 10.0. The predicted octanol–water partition coefficient (Wildman–Crippen LogP) is 2.37. The molecule has 0 bridgehead atoms. The van der Waals surface area contributed by atoms with E-state index in [1.165, 1.54) is 0 Å². The third kappa shape index (κ3) is 3.69. The van der Waals surface area contributed by atoms with Gasteiger partial charge in [-0.1, -0.05) is 0 Å². The van der Waals surface area contributed by atoms with Gasteiger partial charge in [0.2, 0.25) is 0 Å². The quantitative estimate of drug-likeness (QED) is 0.906. The van der Waals surface area contributed by atoms with Crippen molar-refractivity contribution < 1.29 is 0 Å². The lowest BCUT2D eigenvalue weighted by Crippen LogP contribution is -2.39. The van der Waals surface area contributed by atoms with E-state index in [-0.39, 0.29) is 0 Å². The molecule has 0 saturated carbocycles. The molecule has 0 spiro atoms. The molecule has 2 N–H and O–H groups in total. The van der Waals surface area contributed by atoms with E-state index in [9.17, 15) is 0 Å². The highest BCUT2D eigenvalue weighted by atomic mass is 15.2. The van der Waals surface area contributed by atoms with Crippen LogP contribution in [0.4, 0.5) is 5.82 Å². The van der Waals surface area contributed by atoms with Crippen LogP contribution in [0.15, 0.2) is 18.5 Å². The first kappa shape index (κ1) is 15.5. The lowest BCUT2D eigenvalue weighted by Gasteiger charge is -2.32. The molecule has 6 heteroatoms. The van der Waals surface area contributed by atoms with Crippen molar-refractivity contribution in [3.05, 3.63) is 41.1 Å². The Morgan fingerprint density at radius 1 is 1.39 bits per heavy atom. The van der Waals surface area contributed by atoms with Crippen LogP contribution in [-0.4, -0.2) is 39.0 Å². The zero-order chi connectivity index (χ0) is 16.2. The van der Waals surface area contributed by atoms with Crippen molar-refractivity contribution >= 4 is 5.82 Å². The molecule has 0 unspecified atom stereocenters. The molecule has 2 aromatic rings. The number of aromatic nitrogens is 3. The van der Waals surface area contributed by atoms with Gasteiger partial charge < -0.3 is 10.3 Å². The fourth-order valence-electron chi connectivity index (χ4n) is 3.12. The highest BCUT2D eigenvalue weighted by Crippen LogP contribution is 2.20. The maximum absolute atomic E-state index is 9.12. The van der Waals surface area contributed by atoms with Gasteiger partial charge in [-0.3, -0.25) is 4.90 Å². The van der Waals surface area contributed by atoms with Crippen molar-refractivity contribution in [3.63, 3.8) is 0 Å². The van der Waals surface area contributed by atoms with Crippen LogP contribution in [0.1, 0.15) is 35.5 Å². The van der Waals surface area contributed by atoms with Crippen molar-refractivity contribution in [3.8, 4) is 6.07 Å². The van der Waals surface area contributed by atoms with Gasteiger partial charge in [0.25, 0.3) is 0 Å². The van der Waals surface area contributed by atoms with E-state index in [4.69, 9.17) is 5.26 Å². The predicted molar refractivity (Wildman–Crippen MR) is 88.9 cm³/mol. The summed E-state index contributed by atoms with van der Waals surface area (Å²) in [7, 11) is 0. The van der Waals surface area contributed by atoms with Gasteiger partial charge in [0, 0.05) is 31.5 Å². The Labute approximate surface area is 136 Å². The molecule has 120 valence electrons. The van der Waals surface area contributed by atoms with Crippen molar-refractivity contribution in [2.75, 3.05) is 18.4 Å². The highest BCUT2D eigenvalue weighted by Gasteiger charge is 2.20. The molecule has 2 aromatic heterocycles. The molecule has 3 rings (SSSR count). The van der Waals surface area contributed by atoms with E-state index in [1.54, 1.807) is 6.20 Å². The fourth-order valence-corrected chi connectivity index (χ4v) is 3.12. The molecular weight excluding hydrogens is 288 g/mol. The first-order chi connectivity index (χ1) is 11.2. The highest BCUT2D eigenvalue weighted by molar-refractivity contribution is 5.49. The zero-order valence-corrected chi connectivity index (χ0v) is 13.6. The number of aryl methyl sites for hydroxylation is 2. The zero-order valence-electron chi connectivity index (χ0n) is 13.6. The van der Waals surface area contributed by atoms with E-state index < -0.39 is 0 Å². The smallest absolute Gasteiger partial charge is 0.126 e. The number of anilines is 1. The van der Waals surface area contributed by atoms with Crippen molar-refractivity contribution in [1.82, 2.24) is 19.9 Å². The summed E-state index contributed by atoms with van der Waals surface area (Å²) in [4.78, 5) is 14.4. The second kappa shape index (κ2) is 6.80. The minimum atomic E-state index is 0.432. The molecule has 1 fully saturated rings. The molecule has 1 aliphatic rings. The van der Waals surface area contributed by atoms with Gasteiger partial charge in [0.15, 0.2) is 0 Å². The first-order valence-electron chi connectivity index (χ1n) is 8.01. The number of imidazole rings is 1. The van der Waals surface area contributed by atoms with Crippen LogP contribution >= 0.6 is 0 Å². The van der Waals surface area contributed by atoms with Gasteiger partial charge in [-0.15, -0.1) is 0 Å². The van der Waals surface area contributed by atoms with Gasteiger partial charge >= 0.3 is 0 Å². The minimum Gasteiger partial charge on any atom is -0.367 e. The molecule has 1 aliphatic heterocycles. The van der Waals surface area contributed by atoms with E-state index in [2.05, 4.69) is 31.2 Å². The molecule has 0 amide bonds. The molecule has 1 saturated heterocycles. The summed E-state index contributed by atoms with van der Waals surface area (Å²) >= 11 is 0. The van der Waals surface area contributed by atoms with Gasteiger partial charge in [0.05, 0.1) is 17.8 Å². The summed E-state index contributed by atoms with van der Waals surface area (Å²) in [5.74, 6) is 1.90. The fraction of sp³-hybridized carbons (Fsp3) is 0.471. The Morgan fingerprint density at radius 2 is 2.17 bits per heavy atom. The number of hydrogen-bond donors (Lipinski definition) is 2. The summed E-state index contributed by atoms with van der Waals surface area (Å²) in [5, 5.41) is 12.6. The number of H-pyrrole nitrogens is 1. The van der Waals surface area contributed by atoms with Crippen molar-refractivity contribution in [1.29, 1.82) is 5.26 Å². The third-order valence-electron chi connectivity index (χ3n) is 4.38. The van der Waals surface area contributed by atoms with Crippen molar-refractivity contribution in [2.24, 2.45) is 0 Å². The Hall–Kier alpha value is -2.39. The lowest BCUT2D eigenvalue weighted by molar-refractivity contribution is 0.207. The van der Waals surface area contributed by atoms with Gasteiger partial charge in [-0.05, 0) is 38.3 Å². The SMILES string of the molecule is Cc1cc(NC2CCN(Cc3ncc[nH]3)CC2)nc(C)c1C#N. The Morgan fingerprint density at radius 3 is 2.78 bits per heavy atom. The Balaban J connectivity index is 1.56. The summed E-state index contributed by atoms with van der Waals surface area (Å²) in [6.45, 7) is 6.83. The summed E-state index contributed by atoms with van der Waals surface area (Å²) in [5.41, 5.74) is 2.46. The number of piperidine rings is 1. The number of rotatable bonds is 4. The van der Waals surface area contributed by atoms with E-state index >= 15 is 0 Å².